The molecule has 5 N–H and O–H groups in total. The smallest absolute Gasteiger partial charge is 0.407 e. The van der Waals surface area contributed by atoms with Crippen LogP contribution in [-0.4, -0.2) is 120 Å². The number of hydrogen-bond acceptors (Lipinski definition) is 10. The van der Waals surface area contributed by atoms with Crippen LogP contribution in [0.1, 0.15) is 56.0 Å². The van der Waals surface area contributed by atoms with Crippen LogP contribution in [0.4, 0.5) is 9.59 Å². The number of aliphatic imine (C=N–C) groups is 1. The molecule has 16 heteroatoms. The lowest BCUT2D eigenvalue weighted by molar-refractivity contribution is -0.139. The zero-order valence-electron chi connectivity index (χ0n) is 29.3. The number of nitrogens with two attached hydrogens (primary N) is 1. The minimum Gasteiger partial charge on any atom is -0.453 e. The number of carbonyl (C=O) groups is 4. The Morgan fingerprint density at radius 1 is 0.962 bits per heavy atom. The minimum atomic E-state index is -1.19. The lowest BCUT2D eigenvalue weighted by atomic mass is 9.96. The zero-order chi connectivity index (χ0) is 36.7. The Morgan fingerprint density at radius 2 is 1.58 bits per heavy atom. The van der Waals surface area contributed by atoms with E-state index >= 15 is 0 Å². The van der Waals surface area contributed by atoms with Crippen molar-refractivity contribution in [2.45, 2.75) is 61.7 Å². The van der Waals surface area contributed by atoms with Crippen LogP contribution in [0.3, 0.4) is 0 Å². The van der Waals surface area contributed by atoms with Crippen LogP contribution in [-0.2, 0) is 28.5 Å². The Hall–Kier alpha value is -5.40. The molecular formula is C36H44N8O8. The lowest BCUT2D eigenvalue weighted by Crippen LogP contribution is -2.62. The molecule has 0 saturated carbocycles. The van der Waals surface area contributed by atoms with Gasteiger partial charge in [-0.15, -0.1) is 0 Å². The van der Waals surface area contributed by atoms with Gasteiger partial charge in [-0.05, 0) is 43.4 Å². The summed E-state index contributed by atoms with van der Waals surface area (Å²) in [5.41, 5.74) is 6.47. The molecule has 6 rings (SSSR count). The first-order valence-corrected chi connectivity index (χ1v) is 17.3. The van der Waals surface area contributed by atoms with Crippen molar-refractivity contribution in [2.24, 2.45) is 10.7 Å². The third kappa shape index (κ3) is 7.60. The molecule has 0 bridgehead atoms. The number of H-pyrrole nitrogens is 1. The van der Waals surface area contributed by atoms with Gasteiger partial charge in [0.1, 0.15) is 22.7 Å². The molecule has 5 heterocycles. The van der Waals surface area contributed by atoms with E-state index in [1.54, 1.807) is 22.1 Å². The quantitative estimate of drug-likeness (QED) is 0.178. The number of imidazole rings is 1. The van der Waals surface area contributed by atoms with E-state index in [-0.39, 0.29) is 36.9 Å². The van der Waals surface area contributed by atoms with Crippen molar-refractivity contribution in [3.05, 3.63) is 54.1 Å². The molecule has 0 aliphatic carbocycles. The molecule has 0 radical (unpaired) electrons. The first-order valence-electron chi connectivity index (χ1n) is 17.3. The molecule has 0 spiro atoms. The summed E-state index contributed by atoms with van der Waals surface area (Å²) in [7, 11) is 2.52. The first kappa shape index (κ1) is 36.4. The van der Waals surface area contributed by atoms with Crippen molar-refractivity contribution in [2.75, 3.05) is 53.7 Å². The van der Waals surface area contributed by atoms with Gasteiger partial charge in [0.15, 0.2) is 0 Å². The van der Waals surface area contributed by atoms with E-state index in [2.05, 4.69) is 37.4 Å². The van der Waals surface area contributed by atoms with Gasteiger partial charge in [0.2, 0.25) is 0 Å². The van der Waals surface area contributed by atoms with E-state index in [0.29, 0.717) is 51.4 Å². The van der Waals surface area contributed by atoms with E-state index in [4.69, 9.17) is 24.7 Å². The summed E-state index contributed by atoms with van der Waals surface area (Å²) < 4.78 is 20.5. The summed E-state index contributed by atoms with van der Waals surface area (Å²) in [6.45, 7) is 1.93. The highest BCUT2D eigenvalue weighted by atomic mass is 16.5. The second-order valence-corrected chi connectivity index (χ2v) is 13.2. The maximum Gasteiger partial charge on any atom is 0.407 e. The number of nitrogens with zero attached hydrogens (tertiary/aromatic N) is 4. The maximum absolute atomic E-state index is 13.7. The second-order valence-electron chi connectivity index (χ2n) is 13.2. The molecule has 276 valence electrons. The number of aromatic amines is 1. The number of nitrogens with one attached hydrogen (secondary N) is 3. The molecule has 4 aliphatic rings. The van der Waals surface area contributed by atoms with Crippen molar-refractivity contribution in [3.63, 3.8) is 0 Å². The monoisotopic (exact) mass is 716 g/mol. The van der Waals surface area contributed by atoms with E-state index < -0.39 is 29.3 Å². The molecule has 16 nitrogen and oxygen atoms in total. The summed E-state index contributed by atoms with van der Waals surface area (Å²) >= 11 is 0. The number of likely N-dealkylation sites (tertiary alicyclic amines) is 2. The Kier molecular flexibility index (Phi) is 11.1. The van der Waals surface area contributed by atoms with Crippen LogP contribution in [0, 0.1) is 11.8 Å². The molecule has 4 atom stereocenters. The van der Waals surface area contributed by atoms with Crippen LogP contribution in [0.5, 0.6) is 0 Å². The van der Waals surface area contributed by atoms with Gasteiger partial charge in [0, 0.05) is 57.0 Å². The first-order chi connectivity index (χ1) is 25.2. The molecule has 2 unspecified atom stereocenters. The topological polar surface area (TPSA) is 203 Å². The van der Waals surface area contributed by atoms with Crippen LogP contribution < -0.4 is 16.4 Å². The van der Waals surface area contributed by atoms with Crippen LogP contribution >= 0.6 is 0 Å². The standard InChI is InChI=1S/C36H44N8O8/c1-49-33(47)41-35(14-19-51-22-35)31(45)43-17-5-8-27(43)29(37)38-16-4-3-7-24-10-12-25(13-11-24)26-21-39-30(40-26)28-9-6-18-44(28)32(46)36(15-20-52-23-36)42-34(48)50-2/h4,10-13,16,21,27-28H,5-6,8-9,14-15,17-20,22-23H2,1-2H3,(H2,37,38)(H,39,40)(H,41,47)(H,42,48)/b16-4+/t27-,28-,35?,36?/m0/s1. The van der Waals surface area contributed by atoms with E-state index in [0.717, 1.165) is 36.1 Å². The predicted molar refractivity (Wildman–Crippen MR) is 188 cm³/mol. The normalized spacial score (nSPS) is 25.9. The number of amides is 4. The number of aromatic nitrogens is 2. The summed E-state index contributed by atoms with van der Waals surface area (Å²) in [5, 5.41) is 5.40. The third-order valence-corrected chi connectivity index (χ3v) is 9.99. The fraction of sp³-hybridized carbons (Fsp3) is 0.500. The Morgan fingerprint density at radius 3 is 2.19 bits per heavy atom. The SMILES string of the molecule is COC(=O)NC1(C(=O)N2CCC[C@H]2C(N)=N/C=C/C#Cc2ccc(-c3cnc([C@@H]4CCCN4C(=O)C4(NC(=O)OC)CCOC4)[nH]3)cc2)CCOC1. The molecule has 4 amide bonds. The fourth-order valence-electron chi connectivity index (χ4n) is 7.18. The number of allylic oxidation sites excluding steroid dienone is 1. The summed E-state index contributed by atoms with van der Waals surface area (Å²) in [6.07, 6.45) is 7.17. The number of amidine groups is 1. The van der Waals surface area contributed by atoms with Crippen molar-refractivity contribution >= 4 is 29.8 Å². The number of ether oxygens (including phenoxy) is 4. The largest absolute Gasteiger partial charge is 0.453 e. The highest BCUT2D eigenvalue weighted by molar-refractivity contribution is 5.96. The molecule has 4 aliphatic heterocycles. The molecule has 1 aromatic carbocycles. The minimum absolute atomic E-state index is 0.0674. The van der Waals surface area contributed by atoms with Crippen molar-refractivity contribution in [1.29, 1.82) is 0 Å². The second kappa shape index (κ2) is 15.9. The van der Waals surface area contributed by atoms with Gasteiger partial charge in [-0.25, -0.2) is 19.6 Å². The number of benzene rings is 1. The van der Waals surface area contributed by atoms with Crippen LogP contribution in [0.2, 0.25) is 0 Å². The van der Waals surface area contributed by atoms with E-state index in [1.165, 1.54) is 20.4 Å². The number of hydrogen-bond donors (Lipinski definition) is 4. The Bertz CT molecular complexity index is 1770. The predicted octanol–water partition coefficient (Wildman–Crippen LogP) is 1.98. The van der Waals surface area contributed by atoms with Gasteiger partial charge < -0.3 is 50.1 Å². The highest BCUT2D eigenvalue weighted by Gasteiger charge is 2.50. The van der Waals surface area contributed by atoms with Crippen LogP contribution in [0.25, 0.3) is 11.3 Å². The summed E-state index contributed by atoms with van der Waals surface area (Å²) in [5.74, 6) is 6.55. The van der Waals surface area contributed by atoms with E-state index in [1.807, 2.05) is 24.3 Å². The number of methoxy groups -OCH3 is 2. The van der Waals surface area contributed by atoms with Gasteiger partial charge >= 0.3 is 12.2 Å². The molecule has 52 heavy (non-hydrogen) atoms. The van der Waals surface area contributed by atoms with Crippen LogP contribution in [0.15, 0.2) is 47.7 Å². The molecule has 4 fully saturated rings. The summed E-state index contributed by atoms with van der Waals surface area (Å²) in [4.78, 5) is 67.1. The average molecular weight is 717 g/mol. The lowest BCUT2D eigenvalue weighted by Gasteiger charge is -2.34. The highest BCUT2D eigenvalue weighted by Crippen LogP contribution is 2.35. The van der Waals surface area contributed by atoms with Gasteiger partial charge in [-0.2, -0.15) is 0 Å². The van der Waals surface area contributed by atoms with Gasteiger partial charge in [-0.1, -0.05) is 24.0 Å². The van der Waals surface area contributed by atoms with Gasteiger partial charge in [-0.3, -0.25) is 9.59 Å². The Balaban J connectivity index is 1.06. The zero-order valence-corrected chi connectivity index (χ0v) is 29.3. The average Bonchev–Trinajstić information content (AvgIpc) is 4.01. The number of carbonyl (C=O) groups excluding carboxylic acids is 4. The van der Waals surface area contributed by atoms with Gasteiger partial charge in [0.25, 0.3) is 11.8 Å². The van der Waals surface area contributed by atoms with Crippen molar-refractivity contribution in [3.8, 4) is 23.1 Å². The molecule has 2 aromatic rings. The number of alkyl carbamates (subject to hydrolysis) is 2. The maximum atomic E-state index is 13.7. The van der Waals surface area contributed by atoms with Crippen molar-refractivity contribution in [1.82, 2.24) is 30.4 Å². The third-order valence-electron chi connectivity index (χ3n) is 9.99. The molecule has 1 aromatic heterocycles. The van der Waals surface area contributed by atoms with Crippen molar-refractivity contribution < 1.29 is 38.1 Å². The fourth-order valence-corrected chi connectivity index (χ4v) is 7.18. The molecule has 4 saturated heterocycles. The summed E-state index contributed by atoms with van der Waals surface area (Å²) in [6, 6.07) is 7.01. The number of rotatable bonds is 8. The van der Waals surface area contributed by atoms with E-state index in [9.17, 15) is 19.2 Å². The van der Waals surface area contributed by atoms with Gasteiger partial charge in [0.05, 0.1) is 51.4 Å². The Labute approximate surface area is 301 Å². The molecular weight excluding hydrogens is 672 g/mol.